The molecule has 5 nitrogen and oxygen atoms in total. The second-order valence-corrected chi connectivity index (χ2v) is 13.2. The molecule has 0 aromatic carbocycles. The van der Waals surface area contributed by atoms with E-state index < -0.39 is 20.4 Å². The molecule has 0 aliphatic heterocycles. The zero-order valence-corrected chi connectivity index (χ0v) is 17.7. The summed E-state index contributed by atoms with van der Waals surface area (Å²) in [5, 5.41) is 0.0359. The number of carbonyl (C=O) groups excluding carboxylic acids is 3. The summed E-state index contributed by atoms with van der Waals surface area (Å²) in [4.78, 5) is 34.5. The summed E-state index contributed by atoms with van der Waals surface area (Å²) in [6, 6.07) is 0. The first-order chi connectivity index (χ1) is 11.4. The van der Waals surface area contributed by atoms with Crippen molar-refractivity contribution < 1.29 is 23.5 Å². The van der Waals surface area contributed by atoms with Gasteiger partial charge in [-0.25, -0.2) is 0 Å². The SMILES string of the molecule is C[C@@H]1[C@@H](OC(=O)CC(=O)CCl)C=C(C=O)C[C@H]1O[Si](C)(C)C(C)(C)C. The van der Waals surface area contributed by atoms with E-state index in [0.29, 0.717) is 12.0 Å². The molecule has 0 aromatic rings. The summed E-state index contributed by atoms with van der Waals surface area (Å²) >= 11 is 5.42. The summed E-state index contributed by atoms with van der Waals surface area (Å²) in [7, 11) is -2.03. The van der Waals surface area contributed by atoms with Gasteiger partial charge in [-0.3, -0.25) is 14.4 Å². The van der Waals surface area contributed by atoms with Crippen LogP contribution in [0.3, 0.4) is 0 Å². The highest BCUT2D eigenvalue weighted by Gasteiger charge is 2.43. The van der Waals surface area contributed by atoms with Crippen LogP contribution in [0.5, 0.6) is 0 Å². The highest BCUT2D eigenvalue weighted by atomic mass is 35.5. The fraction of sp³-hybridized carbons (Fsp3) is 0.722. The van der Waals surface area contributed by atoms with Crippen LogP contribution in [-0.2, 0) is 23.5 Å². The number of Topliss-reactive ketones (excluding diaryl/α,β-unsaturated/α-hetero) is 1. The molecule has 3 atom stereocenters. The number of ketones is 1. The van der Waals surface area contributed by atoms with Gasteiger partial charge in [-0.15, -0.1) is 11.6 Å². The van der Waals surface area contributed by atoms with Crippen molar-refractivity contribution >= 4 is 38.0 Å². The molecule has 1 rings (SSSR count). The Morgan fingerprint density at radius 1 is 1.36 bits per heavy atom. The molecule has 0 unspecified atom stereocenters. The summed E-state index contributed by atoms with van der Waals surface area (Å²) in [6.07, 6.45) is 1.80. The minimum absolute atomic E-state index is 0.0359. The Balaban J connectivity index is 2.91. The Morgan fingerprint density at radius 2 is 1.96 bits per heavy atom. The monoisotopic (exact) mass is 388 g/mol. The molecule has 0 fully saturated rings. The number of halogens is 1. The van der Waals surface area contributed by atoms with Crippen molar-refractivity contribution in [2.24, 2.45) is 5.92 Å². The van der Waals surface area contributed by atoms with Crippen LogP contribution in [0.15, 0.2) is 11.6 Å². The predicted octanol–water partition coefficient (Wildman–Crippen LogP) is 3.65. The van der Waals surface area contributed by atoms with Gasteiger partial charge in [0.15, 0.2) is 14.1 Å². The topological polar surface area (TPSA) is 69.7 Å². The van der Waals surface area contributed by atoms with Gasteiger partial charge in [-0.05, 0) is 29.8 Å². The molecule has 0 spiro atoms. The number of hydrogen-bond donors (Lipinski definition) is 0. The van der Waals surface area contributed by atoms with Gasteiger partial charge in [0.25, 0.3) is 0 Å². The van der Waals surface area contributed by atoms with E-state index in [1.807, 2.05) is 6.92 Å². The Bertz CT molecular complexity index is 550. The van der Waals surface area contributed by atoms with Crippen molar-refractivity contribution in [3.63, 3.8) is 0 Å². The Kier molecular flexibility index (Phi) is 7.59. The second-order valence-electron chi connectivity index (χ2n) is 8.14. The first-order valence-electron chi connectivity index (χ1n) is 8.52. The molecule has 0 N–H and O–H groups in total. The molecule has 25 heavy (non-hydrogen) atoms. The van der Waals surface area contributed by atoms with E-state index >= 15 is 0 Å². The molecule has 0 amide bonds. The average Bonchev–Trinajstić information content (AvgIpc) is 2.49. The van der Waals surface area contributed by atoms with E-state index in [9.17, 15) is 14.4 Å². The van der Waals surface area contributed by atoms with Crippen LogP contribution in [0.25, 0.3) is 0 Å². The molecule has 0 aromatic heterocycles. The molecule has 0 heterocycles. The number of rotatable bonds is 7. The van der Waals surface area contributed by atoms with Crippen molar-refractivity contribution in [3.8, 4) is 0 Å². The van der Waals surface area contributed by atoms with Crippen molar-refractivity contribution in [2.75, 3.05) is 5.88 Å². The maximum atomic E-state index is 11.9. The number of esters is 1. The zero-order chi connectivity index (χ0) is 19.4. The van der Waals surface area contributed by atoms with Gasteiger partial charge in [0.1, 0.15) is 18.8 Å². The lowest BCUT2D eigenvalue weighted by Crippen LogP contribution is -2.48. The van der Waals surface area contributed by atoms with Gasteiger partial charge in [0, 0.05) is 12.3 Å². The quantitative estimate of drug-likeness (QED) is 0.219. The van der Waals surface area contributed by atoms with E-state index in [1.54, 1.807) is 6.08 Å². The van der Waals surface area contributed by atoms with Crippen molar-refractivity contribution in [2.45, 2.75) is 70.9 Å². The van der Waals surface area contributed by atoms with Gasteiger partial charge in [-0.1, -0.05) is 27.7 Å². The van der Waals surface area contributed by atoms with E-state index in [1.165, 1.54) is 0 Å². The maximum absolute atomic E-state index is 11.9. The summed E-state index contributed by atoms with van der Waals surface area (Å²) in [6.45, 7) is 12.7. The Morgan fingerprint density at radius 3 is 2.44 bits per heavy atom. The third-order valence-corrected chi connectivity index (χ3v) is 9.88. The smallest absolute Gasteiger partial charge is 0.313 e. The number of alkyl halides is 1. The Hall–Kier alpha value is -0.983. The van der Waals surface area contributed by atoms with Crippen LogP contribution < -0.4 is 0 Å². The zero-order valence-electron chi connectivity index (χ0n) is 15.9. The molecule has 142 valence electrons. The van der Waals surface area contributed by atoms with E-state index in [0.717, 1.165) is 6.29 Å². The summed E-state index contributed by atoms with van der Waals surface area (Å²) < 4.78 is 11.9. The van der Waals surface area contributed by atoms with Crippen LogP contribution >= 0.6 is 11.6 Å². The van der Waals surface area contributed by atoms with E-state index in [-0.39, 0.29) is 35.1 Å². The fourth-order valence-electron chi connectivity index (χ4n) is 2.40. The van der Waals surface area contributed by atoms with Crippen LogP contribution in [0.2, 0.25) is 18.1 Å². The molecule has 0 bridgehead atoms. The highest BCUT2D eigenvalue weighted by Crippen LogP contribution is 2.40. The normalized spacial score (nSPS) is 24.4. The first kappa shape index (κ1) is 22.1. The molecule has 1 aliphatic rings. The summed E-state index contributed by atoms with van der Waals surface area (Å²) in [5.74, 6) is -1.34. The number of ether oxygens (including phenoxy) is 1. The maximum Gasteiger partial charge on any atom is 0.313 e. The average molecular weight is 389 g/mol. The lowest BCUT2D eigenvalue weighted by molar-refractivity contribution is -0.152. The molecule has 1 aliphatic carbocycles. The number of carbonyl (C=O) groups is 3. The molecule has 0 radical (unpaired) electrons. The van der Waals surface area contributed by atoms with Gasteiger partial charge in [0.05, 0.1) is 12.0 Å². The molecular weight excluding hydrogens is 360 g/mol. The highest BCUT2D eigenvalue weighted by molar-refractivity contribution is 6.74. The lowest BCUT2D eigenvalue weighted by Gasteiger charge is -2.43. The van der Waals surface area contributed by atoms with Crippen LogP contribution in [-0.4, -0.2) is 44.4 Å². The van der Waals surface area contributed by atoms with Gasteiger partial charge in [0.2, 0.25) is 0 Å². The molecular formula is C18H29ClO5Si. The van der Waals surface area contributed by atoms with Crippen LogP contribution in [0.4, 0.5) is 0 Å². The van der Waals surface area contributed by atoms with Crippen LogP contribution in [0, 0.1) is 5.92 Å². The standard InChI is InChI=1S/C18H29ClO5Si/c1-12-15(23-17(22)9-14(21)10-19)7-13(11-20)8-16(12)24-25(5,6)18(2,3)4/h7,11-12,15-16H,8-10H2,1-6H3/t12-,15+,16-/m1/s1. The van der Waals surface area contributed by atoms with E-state index in [4.69, 9.17) is 20.8 Å². The van der Waals surface area contributed by atoms with Crippen molar-refractivity contribution in [3.05, 3.63) is 11.6 Å². The Labute approximate surface area is 156 Å². The largest absolute Gasteiger partial charge is 0.457 e. The van der Waals surface area contributed by atoms with E-state index in [2.05, 4.69) is 33.9 Å². The van der Waals surface area contributed by atoms with Crippen molar-refractivity contribution in [1.82, 2.24) is 0 Å². The fourth-order valence-corrected chi connectivity index (χ4v) is 3.90. The van der Waals surface area contributed by atoms with Gasteiger partial charge in [-0.2, -0.15) is 0 Å². The third kappa shape index (κ3) is 6.04. The first-order valence-corrected chi connectivity index (χ1v) is 12.0. The second kappa shape index (κ2) is 8.60. The minimum Gasteiger partial charge on any atom is -0.457 e. The van der Waals surface area contributed by atoms with Gasteiger partial charge < -0.3 is 9.16 Å². The van der Waals surface area contributed by atoms with Crippen LogP contribution in [0.1, 0.15) is 40.5 Å². The molecule has 0 saturated heterocycles. The van der Waals surface area contributed by atoms with Gasteiger partial charge >= 0.3 is 5.97 Å². The molecule has 7 heteroatoms. The third-order valence-electron chi connectivity index (χ3n) is 5.08. The molecule has 0 saturated carbocycles. The summed E-state index contributed by atoms with van der Waals surface area (Å²) in [5.41, 5.74) is 0.559. The number of hydrogen-bond acceptors (Lipinski definition) is 5. The number of aldehydes is 1. The van der Waals surface area contributed by atoms with Crippen molar-refractivity contribution in [1.29, 1.82) is 0 Å². The minimum atomic E-state index is -2.03. The predicted molar refractivity (Wildman–Crippen MR) is 100 cm³/mol. The lowest BCUT2D eigenvalue weighted by atomic mass is 9.86.